The number of piperazine rings is 1. The third-order valence-electron chi connectivity index (χ3n) is 2.97. The van der Waals surface area contributed by atoms with E-state index in [1.165, 1.54) is 4.31 Å². The second-order valence-corrected chi connectivity index (χ2v) is 6.17. The van der Waals surface area contributed by atoms with Crippen LogP contribution < -0.4 is 5.32 Å². The highest BCUT2D eigenvalue weighted by Gasteiger charge is 2.33. The molecule has 1 heterocycles. The van der Waals surface area contributed by atoms with Gasteiger partial charge in [-0.3, -0.25) is 0 Å². The molecule has 0 spiro atoms. The molecule has 2 rings (SSSR count). The fourth-order valence-corrected chi connectivity index (χ4v) is 3.47. The molecule has 0 saturated carbocycles. The highest BCUT2D eigenvalue weighted by molar-refractivity contribution is 7.89. The van der Waals surface area contributed by atoms with E-state index in [0.717, 1.165) is 5.56 Å². The van der Waals surface area contributed by atoms with Crippen LogP contribution in [0.4, 0.5) is 0 Å². The molecule has 0 amide bonds. The van der Waals surface area contributed by atoms with E-state index in [2.05, 4.69) is 5.32 Å². The maximum Gasteiger partial charge on any atom is 0.244 e. The van der Waals surface area contributed by atoms with Crippen LogP contribution in [0.25, 0.3) is 0 Å². The van der Waals surface area contributed by atoms with Gasteiger partial charge in [-0.1, -0.05) is 17.7 Å². The van der Waals surface area contributed by atoms with Gasteiger partial charge in [-0.15, -0.1) is 0 Å². The lowest BCUT2D eigenvalue weighted by Gasteiger charge is -2.30. The molecule has 1 fully saturated rings. The largest absolute Gasteiger partial charge is 0.313 e. The number of hydrogen-bond acceptors (Lipinski definition) is 4. The van der Waals surface area contributed by atoms with Gasteiger partial charge in [0.15, 0.2) is 0 Å². The number of nitrogens with one attached hydrogen (secondary N) is 1. The summed E-state index contributed by atoms with van der Waals surface area (Å²) in [5.41, 5.74) is 1.01. The van der Waals surface area contributed by atoms with Gasteiger partial charge >= 0.3 is 0 Å². The van der Waals surface area contributed by atoms with Gasteiger partial charge in [0.2, 0.25) is 10.0 Å². The predicted molar refractivity (Wildman–Crippen MR) is 67.3 cm³/mol. The molecule has 1 aliphatic heterocycles. The third kappa shape index (κ3) is 2.38. The molecule has 96 valence electrons. The minimum atomic E-state index is -3.57. The van der Waals surface area contributed by atoms with Gasteiger partial charge < -0.3 is 5.32 Å². The minimum absolute atomic E-state index is 0.246. The zero-order chi connectivity index (χ0) is 13.2. The van der Waals surface area contributed by atoms with Gasteiger partial charge in [-0.2, -0.15) is 9.57 Å². The molecule has 1 N–H and O–H groups in total. The highest BCUT2D eigenvalue weighted by Crippen LogP contribution is 2.19. The Kier molecular flexibility index (Phi) is 3.66. The smallest absolute Gasteiger partial charge is 0.244 e. The molecular weight excluding hydrogens is 250 g/mol. The van der Waals surface area contributed by atoms with Crippen molar-refractivity contribution in [2.75, 3.05) is 19.6 Å². The van der Waals surface area contributed by atoms with Crippen molar-refractivity contribution < 1.29 is 8.42 Å². The van der Waals surface area contributed by atoms with Gasteiger partial charge in [0.1, 0.15) is 6.04 Å². The standard InChI is InChI=1S/C12H15N3O2S/c1-10-2-4-12(5-3-10)18(16,17)15-7-6-14-9-11(15)8-13/h2-5,11,14H,6-7,9H2,1H3. The first-order valence-electron chi connectivity index (χ1n) is 5.74. The van der Waals surface area contributed by atoms with E-state index in [-0.39, 0.29) is 4.90 Å². The molecule has 1 atom stereocenters. The van der Waals surface area contributed by atoms with E-state index in [1.807, 2.05) is 13.0 Å². The van der Waals surface area contributed by atoms with Crippen LogP contribution in [-0.2, 0) is 10.0 Å². The maximum atomic E-state index is 12.4. The first-order chi connectivity index (χ1) is 8.55. The predicted octanol–water partition coefficient (Wildman–Crippen LogP) is 0.481. The Bertz CT molecular complexity index is 560. The van der Waals surface area contributed by atoms with Crippen molar-refractivity contribution in [3.63, 3.8) is 0 Å². The van der Waals surface area contributed by atoms with Gasteiger partial charge in [0.25, 0.3) is 0 Å². The summed E-state index contributed by atoms with van der Waals surface area (Å²) in [5, 5.41) is 12.0. The Balaban J connectivity index is 2.35. The van der Waals surface area contributed by atoms with Crippen LogP contribution in [0.2, 0.25) is 0 Å². The highest BCUT2D eigenvalue weighted by atomic mass is 32.2. The van der Waals surface area contributed by atoms with Crippen LogP contribution in [-0.4, -0.2) is 38.4 Å². The number of nitriles is 1. The number of nitrogens with zero attached hydrogens (tertiary/aromatic N) is 2. The summed E-state index contributed by atoms with van der Waals surface area (Å²) >= 11 is 0. The quantitative estimate of drug-likeness (QED) is 0.844. The Hall–Kier alpha value is -1.42. The van der Waals surface area contributed by atoms with Crippen LogP contribution in [0.1, 0.15) is 5.56 Å². The van der Waals surface area contributed by atoms with Crippen LogP contribution in [0.3, 0.4) is 0 Å². The topological polar surface area (TPSA) is 73.2 Å². The number of benzene rings is 1. The van der Waals surface area contributed by atoms with Gasteiger partial charge in [0, 0.05) is 19.6 Å². The Labute approximate surface area is 107 Å². The lowest BCUT2D eigenvalue weighted by atomic mass is 10.2. The molecular formula is C12H15N3O2S. The summed E-state index contributed by atoms with van der Waals surface area (Å²) in [4.78, 5) is 0.246. The Morgan fingerprint density at radius 3 is 2.67 bits per heavy atom. The van der Waals surface area contributed by atoms with E-state index in [4.69, 9.17) is 5.26 Å². The normalized spacial score (nSPS) is 21.4. The lowest BCUT2D eigenvalue weighted by Crippen LogP contribution is -2.52. The number of sulfonamides is 1. The van der Waals surface area contributed by atoms with E-state index >= 15 is 0 Å². The monoisotopic (exact) mass is 265 g/mol. The molecule has 0 radical (unpaired) electrons. The lowest BCUT2D eigenvalue weighted by molar-refractivity contribution is 0.312. The van der Waals surface area contributed by atoms with Crippen molar-refractivity contribution >= 4 is 10.0 Å². The van der Waals surface area contributed by atoms with Gasteiger partial charge in [0.05, 0.1) is 11.0 Å². The Morgan fingerprint density at radius 2 is 2.06 bits per heavy atom. The van der Waals surface area contributed by atoms with Gasteiger partial charge in [-0.25, -0.2) is 8.42 Å². The molecule has 6 heteroatoms. The van der Waals surface area contributed by atoms with Crippen molar-refractivity contribution in [3.8, 4) is 6.07 Å². The SMILES string of the molecule is Cc1ccc(S(=O)(=O)N2CCNCC2C#N)cc1. The number of hydrogen-bond donors (Lipinski definition) is 1. The zero-order valence-electron chi connectivity index (χ0n) is 10.1. The summed E-state index contributed by atoms with van der Waals surface area (Å²) < 4.78 is 26.1. The number of aryl methyl sites for hydroxylation is 1. The van der Waals surface area contributed by atoms with Crippen molar-refractivity contribution in [2.24, 2.45) is 0 Å². The molecule has 1 aromatic carbocycles. The van der Waals surface area contributed by atoms with Crippen LogP contribution in [0.5, 0.6) is 0 Å². The van der Waals surface area contributed by atoms with Crippen molar-refractivity contribution in [2.45, 2.75) is 17.9 Å². The molecule has 1 aromatic rings. The van der Waals surface area contributed by atoms with Gasteiger partial charge in [-0.05, 0) is 19.1 Å². The van der Waals surface area contributed by atoms with Crippen molar-refractivity contribution in [3.05, 3.63) is 29.8 Å². The first kappa shape index (κ1) is 13.0. The van der Waals surface area contributed by atoms with Crippen molar-refractivity contribution in [1.82, 2.24) is 9.62 Å². The minimum Gasteiger partial charge on any atom is -0.313 e. The van der Waals surface area contributed by atoms with Crippen LogP contribution in [0.15, 0.2) is 29.2 Å². The maximum absolute atomic E-state index is 12.4. The summed E-state index contributed by atoms with van der Waals surface area (Å²) in [6, 6.07) is 8.08. The van der Waals surface area contributed by atoms with E-state index in [1.54, 1.807) is 24.3 Å². The summed E-state index contributed by atoms with van der Waals surface area (Å²) in [7, 11) is -3.57. The molecule has 1 saturated heterocycles. The zero-order valence-corrected chi connectivity index (χ0v) is 10.9. The molecule has 1 unspecified atom stereocenters. The molecule has 0 aliphatic carbocycles. The Morgan fingerprint density at radius 1 is 1.39 bits per heavy atom. The fraction of sp³-hybridized carbons (Fsp3) is 0.417. The molecule has 1 aliphatic rings. The second kappa shape index (κ2) is 5.06. The fourth-order valence-electron chi connectivity index (χ4n) is 1.93. The molecule has 0 bridgehead atoms. The van der Waals surface area contributed by atoms with Crippen LogP contribution >= 0.6 is 0 Å². The summed E-state index contributed by atoms with van der Waals surface area (Å²) in [6.07, 6.45) is 0. The van der Waals surface area contributed by atoms with Crippen molar-refractivity contribution in [1.29, 1.82) is 5.26 Å². The first-order valence-corrected chi connectivity index (χ1v) is 7.18. The third-order valence-corrected chi connectivity index (χ3v) is 4.89. The second-order valence-electron chi connectivity index (χ2n) is 4.28. The molecule has 5 nitrogen and oxygen atoms in total. The van der Waals surface area contributed by atoms with E-state index in [0.29, 0.717) is 19.6 Å². The molecule has 0 aromatic heterocycles. The molecule has 18 heavy (non-hydrogen) atoms. The van der Waals surface area contributed by atoms with E-state index < -0.39 is 16.1 Å². The average Bonchev–Trinajstić information content (AvgIpc) is 2.39. The number of rotatable bonds is 2. The van der Waals surface area contributed by atoms with Crippen LogP contribution in [0, 0.1) is 18.3 Å². The average molecular weight is 265 g/mol. The summed E-state index contributed by atoms with van der Waals surface area (Å²) in [5.74, 6) is 0. The van der Waals surface area contributed by atoms with E-state index in [9.17, 15) is 8.42 Å². The summed E-state index contributed by atoms with van der Waals surface area (Å²) in [6.45, 7) is 3.18.